The second kappa shape index (κ2) is 4.77. The van der Waals surface area contributed by atoms with E-state index in [1.54, 1.807) is 12.1 Å². The molecule has 3 aliphatic rings. The molecule has 2 saturated carbocycles. The molecule has 1 aliphatic heterocycles. The molecule has 1 heterocycles. The quantitative estimate of drug-likeness (QED) is 0.855. The number of nitrogens with zero attached hydrogens (tertiary/aromatic N) is 1. The van der Waals surface area contributed by atoms with Gasteiger partial charge in [0.25, 0.3) is 0 Å². The van der Waals surface area contributed by atoms with Gasteiger partial charge in [0.2, 0.25) is 0 Å². The highest BCUT2D eigenvalue weighted by Gasteiger charge is 2.49. The van der Waals surface area contributed by atoms with Crippen molar-refractivity contribution in [2.75, 3.05) is 13.2 Å². The highest BCUT2D eigenvalue weighted by atomic mass is 16.6. The minimum absolute atomic E-state index is 0.0756. The van der Waals surface area contributed by atoms with Gasteiger partial charge >= 0.3 is 0 Å². The summed E-state index contributed by atoms with van der Waals surface area (Å²) >= 11 is 0. The Labute approximate surface area is 123 Å². The average molecular weight is 283 g/mol. The maximum Gasteiger partial charge on any atom is 0.161 e. The van der Waals surface area contributed by atoms with Crippen LogP contribution in [0.1, 0.15) is 30.7 Å². The van der Waals surface area contributed by atoms with E-state index in [0.717, 1.165) is 30.2 Å². The van der Waals surface area contributed by atoms with Gasteiger partial charge < -0.3 is 9.47 Å². The third-order valence-electron chi connectivity index (χ3n) is 4.96. The van der Waals surface area contributed by atoms with E-state index in [1.165, 1.54) is 6.42 Å². The summed E-state index contributed by atoms with van der Waals surface area (Å²) in [7, 11) is 0. The Morgan fingerprint density at radius 3 is 2.57 bits per heavy atom. The molecule has 0 N–H and O–H groups in total. The number of carbonyl (C=O) groups is 1. The molecule has 0 aromatic heterocycles. The predicted octanol–water partition coefficient (Wildman–Crippen LogP) is 2.68. The summed E-state index contributed by atoms with van der Waals surface area (Å²) in [6, 6.07) is 7.59. The SMILES string of the molecule is N#CC(C(=O)C1CC2CC2C1)c1ccc2c(c1)OCCO2. The van der Waals surface area contributed by atoms with Crippen molar-refractivity contribution < 1.29 is 14.3 Å². The molecule has 0 bridgehead atoms. The molecule has 21 heavy (non-hydrogen) atoms. The molecule has 3 atom stereocenters. The van der Waals surface area contributed by atoms with Gasteiger partial charge in [0.15, 0.2) is 17.3 Å². The van der Waals surface area contributed by atoms with Crippen molar-refractivity contribution in [3.63, 3.8) is 0 Å². The van der Waals surface area contributed by atoms with Crippen LogP contribution in [0.15, 0.2) is 18.2 Å². The van der Waals surface area contributed by atoms with E-state index in [9.17, 15) is 10.1 Å². The number of nitriles is 1. The third kappa shape index (κ3) is 2.17. The second-order valence-corrected chi connectivity index (χ2v) is 6.29. The molecule has 1 aromatic rings. The van der Waals surface area contributed by atoms with Crippen LogP contribution in [0.5, 0.6) is 11.5 Å². The fourth-order valence-corrected chi connectivity index (χ4v) is 3.72. The number of benzene rings is 1. The molecular formula is C17H17NO3. The van der Waals surface area contributed by atoms with E-state index in [4.69, 9.17) is 9.47 Å². The molecule has 0 radical (unpaired) electrons. The average Bonchev–Trinajstić information content (AvgIpc) is 3.13. The van der Waals surface area contributed by atoms with Crippen LogP contribution >= 0.6 is 0 Å². The van der Waals surface area contributed by atoms with E-state index in [2.05, 4.69) is 6.07 Å². The van der Waals surface area contributed by atoms with Crippen LogP contribution in [-0.2, 0) is 4.79 Å². The summed E-state index contributed by atoms with van der Waals surface area (Å²) in [4.78, 5) is 12.6. The van der Waals surface area contributed by atoms with E-state index in [-0.39, 0.29) is 11.7 Å². The zero-order valence-electron chi connectivity index (χ0n) is 11.7. The molecular weight excluding hydrogens is 266 g/mol. The zero-order chi connectivity index (χ0) is 14.4. The lowest BCUT2D eigenvalue weighted by molar-refractivity contribution is -0.123. The number of Topliss-reactive ketones (excluding diaryl/α,β-unsaturated/α-hetero) is 1. The van der Waals surface area contributed by atoms with E-state index in [1.807, 2.05) is 6.07 Å². The fourth-order valence-electron chi connectivity index (χ4n) is 3.72. The maximum absolute atomic E-state index is 12.6. The first kappa shape index (κ1) is 12.7. The van der Waals surface area contributed by atoms with E-state index >= 15 is 0 Å². The van der Waals surface area contributed by atoms with Crippen molar-refractivity contribution >= 4 is 5.78 Å². The van der Waals surface area contributed by atoms with Crippen molar-refractivity contribution in [3.8, 4) is 17.6 Å². The first-order valence-corrected chi connectivity index (χ1v) is 7.59. The van der Waals surface area contributed by atoms with Crippen LogP contribution < -0.4 is 9.47 Å². The largest absolute Gasteiger partial charge is 0.486 e. The Morgan fingerprint density at radius 1 is 1.14 bits per heavy atom. The number of carbonyl (C=O) groups excluding carboxylic acids is 1. The number of hydrogen-bond acceptors (Lipinski definition) is 4. The van der Waals surface area contributed by atoms with Gasteiger partial charge in [-0.25, -0.2) is 0 Å². The molecule has 2 fully saturated rings. The van der Waals surface area contributed by atoms with Crippen molar-refractivity contribution in [2.45, 2.75) is 25.2 Å². The van der Waals surface area contributed by atoms with E-state index < -0.39 is 5.92 Å². The molecule has 4 heteroatoms. The molecule has 4 nitrogen and oxygen atoms in total. The number of ketones is 1. The van der Waals surface area contributed by atoms with Crippen LogP contribution in [0.3, 0.4) is 0 Å². The Morgan fingerprint density at radius 2 is 1.86 bits per heavy atom. The van der Waals surface area contributed by atoms with Gasteiger partial charge in [-0.3, -0.25) is 4.79 Å². The number of hydrogen-bond donors (Lipinski definition) is 0. The fraction of sp³-hybridized carbons (Fsp3) is 0.529. The minimum Gasteiger partial charge on any atom is -0.486 e. The second-order valence-electron chi connectivity index (χ2n) is 6.29. The lowest BCUT2D eigenvalue weighted by Gasteiger charge is -2.20. The van der Waals surface area contributed by atoms with Crippen LogP contribution in [-0.4, -0.2) is 19.0 Å². The maximum atomic E-state index is 12.6. The summed E-state index contributed by atoms with van der Waals surface area (Å²) in [5.41, 5.74) is 0.729. The van der Waals surface area contributed by atoms with Crippen LogP contribution in [0, 0.1) is 29.1 Å². The van der Waals surface area contributed by atoms with Crippen molar-refractivity contribution in [2.24, 2.45) is 17.8 Å². The molecule has 0 saturated heterocycles. The molecule has 1 aromatic carbocycles. The standard InChI is InChI=1S/C17H17NO3/c18-9-14(17(19)13-6-11-5-12(11)7-13)10-1-2-15-16(8-10)21-4-3-20-15/h1-2,8,11-14H,3-7H2. The third-order valence-corrected chi connectivity index (χ3v) is 4.96. The first-order chi connectivity index (χ1) is 10.3. The van der Waals surface area contributed by atoms with Gasteiger partial charge in [-0.15, -0.1) is 0 Å². The topological polar surface area (TPSA) is 59.3 Å². The Bertz CT molecular complexity index is 623. The van der Waals surface area contributed by atoms with Gasteiger partial charge in [0.1, 0.15) is 19.1 Å². The van der Waals surface area contributed by atoms with Crippen LogP contribution in [0.25, 0.3) is 0 Å². The number of rotatable bonds is 3. The van der Waals surface area contributed by atoms with Gasteiger partial charge in [0.05, 0.1) is 6.07 Å². The monoisotopic (exact) mass is 283 g/mol. The summed E-state index contributed by atoms with van der Waals surface area (Å²) < 4.78 is 11.0. The summed E-state index contributed by atoms with van der Waals surface area (Å²) in [5, 5.41) is 9.45. The minimum atomic E-state index is -0.677. The van der Waals surface area contributed by atoms with Crippen molar-refractivity contribution in [1.29, 1.82) is 5.26 Å². The summed E-state index contributed by atoms with van der Waals surface area (Å²) in [6.07, 6.45) is 3.24. The molecule has 0 amide bonds. The predicted molar refractivity (Wildman–Crippen MR) is 75.1 cm³/mol. The van der Waals surface area contributed by atoms with Crippen LogP contribution in [0.4, 0.5) is 0 Å². The van der Waals surface area contributed by atoms with Gasteiger partial charge in [0, 0.05) is 5.92 Å². The number of ether oxygens (including phenoxy) is 2. The zero-order valence-corrected chi connectivity index (χ0v) is 11.7. The van der Waals surface area contributed by atoms with Crippen molar-refractivity contribution in [1.82, 2.24) is 0 Å². The lowest BCUT2D eigenvalue weighted by atomic mass is 9.85. The first-order valence-electron chi connectivity index (χ1n) is 7.59. The molecule has 4 rings (SSSR count). The molecule has 108 valence electrons. The molecule has 2 aliphatic carbocycles. The summed E-state index contributed by atoms with van der Waals surface area (Å²) in [6.45, 7) is 1.05. The highest BCUT2D eigenvalue weighted by Crippen LogP contribution is 2.55. The molecule has 3 unspecified atom stereocenters. The Balaban J connectivity index is 1.57. The van der Waals surface area contributed by atoms with Gasteiger partial charge in [-0.1, -0.05) is 6.07 Å². The normalized spacial score (nSPS) is 30.1. The highest BCUT2D eigenvalue weighted by molar-refractivity contribution is 5.91. The lowest BCUT2D eigenvalue weighted by Crippen LogP contribution is -2.21. The van der Waals surface area contributed by atoms with E-state index in [0.29, 0.717) is 24.7 Å². The van der Waals surface area contributed by atoms with Gasteiger partial charge in [-0.05, 0) is 48.8 Å². The Hall–Kier alpha value is -2.02. The smallest absolute Gasteiger partial charge is 0.161 e. The number of fused-ring (bicyclic) bond motifs is 2. The summed E-state index contributed by atoms with van der Waals surface area (Å²) in [5.74, 6) is 2.31. The van der Waals surface area contributed by atoms with Gasteiger partial charge in [-0.2, -0.15) is 5.26 Å². The van der Waals surface area contributed by atoms with Crippen LogP contribution in [0.2, 0.25) is 0 Å². The Kier molecular flexibility index (Phi) is 2.88. The molecule has 0 spiro atoms. The van der Waals surface area contributed by atoms with Crippen molar-refractivity contribution in [3.05, 3.63) is 23.8 Å².